The van der Waals surface area contributed by atoms with Crippen molar-refractivity contribution in [2.75, 3.05) is 0 Å². The fraction of sp³-hybridized carbons (Fsp3) is 0. The van der Waals surface area contributed by atoms with Crippen LogP contribution < -0.4 is 4.73 Å². The van der Waals surface area contributed by atoms with Gasteiger partial charge in [0.1, 0.15) is 1.37 Å². The van der Waals surface area contributed by atoms with Crippen molar-refractivity contribution in [3.05, 3.63) is 35.7 Å². The van der Waals surface area contributed by atoms with Crippen molar-refractivity contribution in [2.45, 2.75) is 0 Å². The van der Waals surface area contributed by atoms with Crippen LogP contribution >= 0.6 is 0 Å². The molecule has 0 radical (unpaired) electrons. The van der Waals surface area contributed by atoms with Crippen LogP contribution in [0.2, 0.25) is 0 Å². The number of hydrogen-bond donors (Lipinski definition) is 0. The second kappa shape index (κ2) is 1.60. The molecule has 0 bridgehead atoms. The minimum atomic E-state index is -0.420. The highest BCUT2D eigenvalue weighted by atomic mass is 16.5. The third kappa shape index (κ3) is 0.892. The third-order valence-electron chi connectivity index (χ3n) is 0.522. The number of pyridine rings is 1. The van der Waals surface area contributed by atoms with Crippen LogP contribution in [0.15, 0.2) is 30.5 Å². The van der Waals surface area contributed by atoms with Gasteiger partial charge in [-0.25, -0.2) is 0 Å². The van der Waals surface area contributed by atoms with Gasteiger partial charge in [0.2, 0.25) is 0 Å². The van der Waals surface area contributed by atoms with Crippen LogP contribution in [0.4, 0.5) is 0 Å². The standard InChI is InChI=1S/C5H5NO/c7-6-4-2-1-3-5-6/h1-5H/i2D,3D,4D. The van der Waals surface area contributed by atoms with E-state index in [0.717, 1.165) is 12.3 Å². The first kappa shape index (κ1) is 1.82. The molecule has 7 heavy (non-hydrogen) atoms. The zero-order valence-corrected chi connectivity index (χ0v) is 3.51. The van der Waals surface area contributed by atoms with Gasteiger partial charge in [-0.15, -0.1) is 0 Å². The zero-order valence-electron chi connectivity index (χ0n) is 6.51. The van der Waals surface area contributed by atoms with Crippen LogP contribution in [0, 0.1) is 5.21 Å². The molecule has 36 valence electrons. The Morgan fingerprint density at radius 1 is 1.57 bits per heavy atom. The predicted molar refractivity (Wildman–Crippen MR) is 25.4 cm³/mol. The molecule has 1 heterocycles. The maximum atomic E-state index is 10.5. The first-order chi connectivity index (χ1) is 4.61. The Morgan fingerprint density at radius 3 is 3.14 bits per heavy atom. The Balaban J connectivity index is 3.31. The second-order valence-corrected chi connectivity index (χ2v) is 1.02. The molecule has 1 rings (SSSR count). The molecule has 0 aliphatic heterocycles. The first-order valence-corrected chi connectivity index (χ1v) is 1.78. The number of nitrogens with zero attached hydrogens (tertiary/aromatic N) is 1. The first-order valence-electron chi connectivity index (χ1n) is 3.28. The molecular weight excluding hydrogens is 90.1 g/mol. The van der Waals surface area contributed by atoms with Crippen LogP contribution in [-0.2, 0) is 0 Å². The highest BCUT2D eigenvalue weighted by molar-refractivity contribution is 4.83. The van der Waals surface area contributed by atoms with Gasteiger partial charge in [-0.1, -0.05) is 6.07 Å². The van der Waals surface area contributed by atoms with E-state index in [4.69, 9.17) is 4.11 Å². The topological polar surface area (TPSA) is 26.9 Å². The van der Waals surface area contributed by atoms with Crippen LogP contribution in [-0.4, -0.2) is 0 Å². The Bertz CT molecular complexity index is 240. The SMILES string of the molecule is [2H]c1cc([2H])c([2H])[n+]([O-])c1. The van der Waals surface area contributed by atoms with E-state index in [0.29, 0.717) is 0 Å². The summed E-state index contributed by atoms with van der Waals surface area (Å²) in [6.07, 6.45) is 0.524. The summed E-state index contributed by atoms with van der Waals surface area (Å²) in [7, 11) is 0. The van der Waals surface area contributed by atoms with Gasteiger partial charge in [-0.2, -0.15) is 4.73 Å². The fourth-order valence-corrected chi connectivity index (χ4v) is 0.275. The lowest BCUT2D eigenvalue weighted by Crippen LogP contribution is -2.22. The van der Waals surface area contributed by atoms with E-state index in [1.165, 1.54) is 0 Å². The Hall–Kier alpha value is -1.05. The maximum Gasteiger partial charge on any atom is 0.180 e. The normalized spacial score (nSPS) is 14.6. The van der Waals surface area contributed by atoms with Gasteiger partial charge in [0.25, 0.3) is 0 Å². The van der Waals surface area contributed by atoms with Gasteiger partial charge in [0, 0.05) is 12.1 Å². The number of hydrogen-bond acceptors (Lipinski definition) is 1. The number of aromatic nitrogens is 1. The molecule has 0 aromatic carbocycles. The van der Waals surface area contributed by atoms with Crippen molar-refractivity contribution < 1.29 is 8.84 Å². The van der Waals surface area contributed by atoms with E-state index in [9.17, 15) is 5.21 Å². The van der Waals surface area contributed by atoms with Crippen molar-refractivity contribution >= 4 is 0 Å². The largest absolute Gasteiger partial charge is 0.619 e. The Labute approximate surface area is 45.8 Å². The number of rotatable bonds is 0. The average Bonchev–Trinajstić information content (AvgIpc) is 1.82. The van der Waals surface area contributed by atoms with Crippen LogP contribution in [0.1, 0.15) is 4.11 Å². The molecule has 0 unspecified atom stereocenters. The van der Waals surface area contributed by atoms with Gasteiger partial charge in [0.15, 0.2) is 12.4 Å². The maximum absolute atomic E-state index is 10.5. The quantitative estimate of drug-likeness (QED) is 0.339. The molecule has 0 aliphatic rings. The lowest BCUT2D eigenvalue weighted by Gasteiger charge is -1.88. The monoisotopic (exact) mass is 98.1 g/mol. The molecule has 1 aromatic rings. The van der Waals surface area contributed by atoms with E-state index in [1.807, 2.05) is 0 Å². The molecule has 0 atom stereocenters. The highest BCUT2D eigenvalue weighted by Crippen LogP contribution is 1.72. The minimum Gasteiger partial charge on any atom is -0.619 e. The summed E-state index contributed by atoms with van der Waals surface area (Å²) in [4.78, 5) is 0. The summed E-state index contributed by atoms with van der Waals surface area (Å²) in [6, 6.07) is 0.884. The zero-order chi connectivity index (χ0) is 7.72. The molecule has 0 spiro atoms. The summed E-state index contributed by atoms with van der Waals surface area (Å²) < 4.78 is 21.0. The lowest BCUT2D eigenvalue weighted by atomic mass is 10.5. The molecule has 1 aromatic heterocycles. The lowest BCUT2D eigenvalue weighted by molar-refractivity contribution is -0.605. The molecule has 0 aliphatic carbocycles. The van der Waals surface area contributed by atoms with Crippen molar-refractivity contribution in [1.82, 2.24) is 0 Å². The van der Waals surface area contributed by atoms with Crippen LogP contribution in [0.25, 0.3) is 0 Å². The molecule has 2 nitrogen and oxygen atoms in total. The van der Waals surface area contributed by atoms with Crippen molar-refractivity contribution in [2.24, 2.45) is 0 Å². The van der Waals surface area contributed by atoms with E-state index in [2.05, 4.69) is 0 Å². The fourth-order valence-electron chi connectivity index (χ4n) is 0.275. The molecule has 0 saturated heterocycles. The van der Waals surface area contributed by atoms with Crippen LogP contribution in [0.3, 0.4) is 0 Å². The Kier molecular flexibility index (Phi) is 0.416. The van der Waals surface area contributed by atoms with Crippen molar-refractivity contribution in [1.29, 1.82) is 0 Å². The summed E-state index contributed by atoms with van der Waals surface area (Å²) in [5.41, 5.74) is 0. The Morgan fingerprint density at radius 2 is 2.43 bits per heavy atom. The van der Waals surface area contributed by atoms with Crippen LogP contribution in [0.5, 0.6) is 0 Å². The van der Waals surface area contributed by atoms with Gasteiger partial charge in [0.05, 0.1) is 2.74 Å². The summed E-state index contributed by atoms with van der Waals surface area (Å²) in [6.45, 7) is 0. The molecule has 0 amide bonds. The average molecular weight is 98.1 g/mol. The highest BCUT2D eigenvalue weighted by Gasteiger charge is 1.74. The second-order valence-electron chi connectivity index (χ2n) is 1.02. The minimum absolute atomic E-state index is 0.0454. The summed E-state index contributed by atoms with van der Waals surface area (Å²) in [5, 5.41) is 10.5. The van der Waals surface area contributed by atoms with Gasteiger partial charge >= 0.3 is 0 Å². The third-order valence-corrected chi connectivity index (χ3v) is 0.522. The van der Waals surface area contributed by atoms with E-state index < -0.39 is 6.17 Å². The van der Waals surface area contributed by atoms with Gasteiger partial charge in [-0.05, 0) is 0 Å². The van der Waals surface area contributed by atoms with E-state index >= 15 is 0 Å². The van der Waals surface area contributed by atoms with Gasteiger partial charge in [-0.3, -0.25) is 0 Å². The van der Waals surface area contributed by atoms with Gasteiger partial charge < -0.3 is 5.21 Å². The van der Waals surface area contributed by atoms with E-state index in [-0.39, 0.29) is 16.8 Å². The molecule has 0 fully saturated rings. The smallest absolute Gasteiger partial charge is 0.180 e. The van der Waals surface area contributed by atoms with E-state index in [1.54, 1.807) is 0 Å². The summed E-state index contributed by atoms with van der Waals surface area (Å²) >= 11 is 0. The molecule has 0 N–H and O–H groups in total. The summed E-state index contributed by atoms with van der Waals surface area (Å²) in [5.74, 6) is 0. The molecule has 2 heteroatoms. The van der Waals surface area contributed by atoms with Crippen molar-refractivity contribution in [3.63, 3.8) is 0 Å². The molecule has 0 saturated carbocycles. The molecular formula is C5H5NO. The van der Waals surface area contributed by atoms with Crippen molar-refractivity contribution in [3.8, 4) is 0 Å². The predicted octanol–water partition coefficient (Wildman–Crippen LogP) is 0.320.